The molecule has 0 unspecified atom stereocenters. The summed E-state index contributed by atoms with van der Waals surface area (Å²) in [6.07, 6.45) is 1.68. The highest BCUT2D eigenvalue weighted by Gasteiger charge is 2.07. The van der Waals surface area contributed by atoms with Crippen LogP contribution in [-0.2, 0) is 10.8 Å². The van der Waals surface area contributed by atoms with Crippen LogP contribution in [0.4, 0.5) is 0 Å². The van der Waals surface area contributed by atoms with Crippen LogP contribution in [0.15, 0.2) is 47.2 Å². The van der Waals surface area contributed by atoms with Gasteiger partial charge in [-0.25, -0.2) is 0 Å². The molecule has 0 saturated carbocycles. The molecule has 0 amide bonds. The van der Waals surface area contributed by atoms with Crippen molar-refractivity contribution in [2.45, 2.75) is 0 Å². The Balaban J connectivity index is 2.43. The smallest absolute Gasteiger partial charge is 0.118 e. The fourth-order valence-electron chi connectivity index (χ4n) is 1.64. The van der Waals surface area contributed by atoms with Gasteiger partial charge in [-0.1, -0.05) is 18.2 Å². The van der Waals surface area contributed by atoms with Gasteiger partial charge in [0.1, 0.15) is 5.75 Å². The molecule has 1 heterocycles. The van der Waals surface area contributed by atoms with Crippen molar-refractivity contribution in [1.29, 1.82) is 0 Å². The molecule has 94 valence electrons. The zero-order chi connectivity index (χ0) is 13.0. The maximum atomic E-state index is 11.5. The molecule has 0 saturated heterocycles. The van der Waals surface area contributed by atoms with Crippen LogP contribution >= 0.6 is 11.3 Å². The summed E-state index contributed by atoms with van der Waals surface area (Å²) >= 11 is 1.64. The molecule has 1 atom stereocenters. The van der Waals surface area contributed by atoms with Gasteiger partial charge in [0.2, 0.25) is 0 Å². The Bertz CT molecular complexity index is 554. The van der Waals surface area contributed by atoms with Gasteiger partial charge < -0.3 is 4.74 Å². The van der Waals surface area contributed by atoms with Crippen LogP contribution in [0, 0.1) is 0 Å². The number of hydrogen-bond acceptors (Lipinski definition) is 3. The first-order chi connectivity index (χ1) is 8.70. The van der Waals surface area contributed by atoms with Crippen LogP contribution in [-0.4, -0.2) is 17.6 Å². The van der Waals surface area contributed by atoms with Gasteiger partial charge in [-0.2, -0.15) is 0 Å². The Kier molecular flexibility index (Phi) is 4.33. The van der Waals surface area contributed by atoms with Gasteiger partial charge in [0, 0.05) is 32.9 Å². The maximum absolute atomic E-state index is 11.5. The van der Waals surface area contributed by atoms with E-state index in [0.29, 0.717) is 0 Å². The molecule has 0 spiro atoms. The minimum atomic E-state index is -0.975. The van der Waals surface area contributed by atoms with E-state index in [2.05, 4.69) is 0 Å². The number of thiophene rings is 1. The van der Waals surface area contributed by atoms with Crippen molar-refractivity contribution in [2.75, 3.05) is 13.4 Å². The fourth-order valence-corrected chi connectivity index (χ4v) is 3.07. The molecule has 1 aromatic carbocycles. The summed E-state index contributed by atoms with van der Waals surface area (Å²) in [4.78, 5) is 1.12. The zero-order valence-corrected chi connectivity index (χ0v) is 11.9. The van der Waals surface area contributed by atoms with E-state index in [0.717, 1.165) is 21.8 Å². The number of rotatable bonds is 4. The highest BCUT2D eigenvalue weighted by atomic mass is 32.2. The number of ether oxygens (including phenoxy) is 1. The van der Waals surface area contributed by atoms with Crippen LogP contribution < -0.4 is 4.74 Å². The van der Waals surface area contributed by atoms with Gasteiger partial charge in [0.05, 0.1) is 7.11 Å². The lowest BCUT2D eigenvalue weighted by Crippen LogP contribution is -1.89. The summed E-state index contributed by atoms with van der Waals surface area (Å²) in [5, 5.41) is 3.80. The molecule has 4 heteroatoms. The predicted molar refractivity (Wildman–Crippen MR) is 78.5 cm³/mol. The predicted octanol–water partition coefficient (Wildman–Crippen LogP) is 3.52. The standard InChI is InChI=1S/C14H14O2S2/c1-16-12-7-5-11(6-8-12)13(10-18(2)15)14-4-3-9-17-14/h3-10H,1-2H3/b13-10+/t18-/m0/s1. The van der Waals surface area contributed by atoms with Gasteiger partial charge in [-0.15, -0.1) is 11.3 Å². The summed E-state index contributed by atoms with van der Waals surface area (Å²) in [6, 6.07) is 11.8. The van der Waals surface area contributed by atoms with Crippen molar-refractivity contribution < 1.29 is 8.95 Å². The minimum absolute atomic E-state index is 0.821. The number of methoxy groups -OCH3 is 1. The Morgan fingerprint density at radius 1 is 1.28 bits per heavy atom. The minimum Gasteiger partial charge on any atom is -0.497 e. The summed E-state index contributed by atoms with van der Waals surface area (Å²) in [5.74, 6) is 0.821. The molecule has 0 radical (unpaired) electrons. The molecule has 2 aromatic rings. The lowest BCUT2D eigenvalue weighted by molar-refractivity contribution is 0.415. The van der Waals surface area contributed by atoms with Crippen LogP contribution in [0.5, 0.6) is 5.75 Å². The highest BCUT2D eigenvalue weighted by molar-refractivity contribution is 7.87. The van der Waals surface area contributed by atoms with E-state index in [1.54, 1.807) is 30.1 Å². The van der Waals surface area contributed by atoms with E-state index in [1.165, 1.54) is 0 Å². The summed E-state index contributed by atoms with van der Waals surface area (Å²) in [5.41, 5.74) is 2.06. The van der Waals surface area contributed by atoms with Crippen molar-refractivity contribution in [2.24, 2.45) is 0 Å². The first kappa shape index (κ1) is 13.1. The van der Waals surface area contributed by atoms with E-state index in [4.69, 9.17) is 4.74 Å². The molecule has 0 N–H and O–H groups in total. The van der Waals surface area contributed by atoms with E-state index in [1.807, 2.05) is 41.8 Å². The topological polar surface area (TPSA) is 26.3 Å². The van der Waals surface area contributed by atoms with Crippen molar-refractivity contribution in [3.63, 3.8) is 0 Å². The van der Waals surface area contributed by atoms with Crippen LogP contribution in [0.1, 0.15) is 10.4 Å². The Hall–Kier alpha value is -1.39. The van der Waals surface area contributed by atoms with E-state index >= 15 is 0 Å². The second kappa shape index (κ2) is 5.98. The molecule has 2 rings (SSSR count). The Morgan fingerprint density at radius 2 is 2.00 bits per heavy atom. The van der Waals surface area contributed by atoms with E-state index < -0.39 is 10.8 Å². The lowest BCUT2D eigenvalue weighted by atomic mass is 10.1. The molecule has 0 aliphatic rings. The molecule has 2 nitrogen and oxygen atoms in total. The van der Waals surface area contributed by atoms with E-state index in [-0.39, 0.29) is 0 Å². The molecular weight excluding hydrogens is 264 g/mol. The van der Waals surface area contributed by atoms with Crippen LogP contribution in [0.25, 0.3) is 5.57 Å². The van der Waals surface area contributed by atoms with Crippen molar-refractivity contribution in [3.05, 3.63) is 57.6 Å². The molecule has 0 fully saturated rings. The lowest BCUT2D eigenvalue weighted by Gasteiger charge is -2.06. The zero-order valence-electron chi connectivity index (χ0n) is 10.3. The second-order valence-corrected chi connectivity index (χ2v) is 5.92. The number of hydrogen-bond donors (Lipinski definition) is 0. The summed E-state index contributed by atoms with van der Waals surface area (Å²) in [7, 11) is 0.670. The summed E-state index contributed by atoms with van der Waals surface area (Å²) < 4.78 is 16.6. The molecule has 0 bridgehead atoms. The Morgan fingerprint density at radius 3 is 2.50 bits per heavy atom. The second-order valence-electron chi connectivity index (χ2n) is 3.74. The van der Waals surface area contributed by atoms with Crippen molar-refractivity contribution in [3.8, 4) is 5.75 Å². The van der Waals surface area contributed by atoms with Crippen molar-refractivity contribution in [1.82, 2.24) is 0 Å². The molecule has 1 aromatic heterocycles. The van der Waals surface area contributed by atoms with Crippen LogP contribution in [0.2, 0.25) is 0 Å². The van der Waals surface area contributed by atoms with Crippen molar-refractivity contribution >= 4 is 27.7 Å². The third-order valence-electron chi connectivity index (χ3n) is 2.47. The molecular formula is C14H14O2S2. The largest absolute Gasteiger partial charge is 0.497 e. The van der Waals surface area contributed by atoms with Crippen LogP contribution in [0.3, 0.4) is 0 Å². The molecule has 18 heavy (non-hydrogen) atoms. The third-order valence-corrected chi connectivity index (χ3v) is 3.94. The molecule has 0 aliphatic heterocycles. The Labute approximate surface area is 113 Å². The fraction of sp³-hybridized carbons (Fsp3) is 0.143. The highest BCUT2D eigenvalue weighted by Crippen LogP contribution is 2.28. The maximum Gasteiger partial charge on any atom is 0.118 e. The average molecular weight is 278 g/mol. The first-order valence-electron chi connectivity index (χ1n) is 5.43. The average Bonchev–Trinajstić information content (AvgIpc) is 2.89. The first-order valence-corrected chi connectivity index (χ1v) is 7.93. The van der Waals surface area contributed by atoms with Gasteiger partial charge >= 0.3 is 0 Å². The number of benzene rings is 1. The van der Waals surface area contributed by atoms with Gasteiger partial charge in [-0.3, -0.25) is 4.21 Å². The normalized spacial score (nSPS) is 13.3. The SMILES string of the molecule is COc1ccc(/C(=C\[S@](C)=O)c2cccs2)cc1. The van der Waals surface area contributed by atoms with Gasteiger partial charge in [0.15, 0.2) is 0 Å². The van der Waals surface area contributed by atoms with E-state index in [9.17, 15) is 4.21 Å². The monoisotopic (exact) mass is 278 g/mol. The van der Waals surface area contributed by atoms with Gasteiger partial charge in [0.25, 0.3) is 0 Å². The summed E-state index contributed by atoms with van der Waals surface area (Å²) in [6.45, 7) is 0. The quantitative estimate of drug-likeness (QED) is 0.855. The van der Waals surface area contributed by atoms with Gasteiger partial charge in [-0.05, 0) is 29.1 Å². The molecule has 0 aliphatic carbocycles. The third kappa shape index (κ3) is 3.09.